The van der Waals surface area contributed by atoms with E-state index in [9.17, 15) is 19.1 Å². The van der Waals surface area contributed by atoms with E-state index in [0.717, 1.165) is 0 Å². The number of aromatic nitrogens is 2. The first-order chi connectivity index (χ1) is 14.5. The zero-order valence-corrected chi connectivity index (χ0v) is 16.0. The molecule has 0 fully saturated rings. The zero-order chi connectivity index (χ0) is 21.3. The number of pyridine rings is 2. The van der Waals surface area contributed by atoms with Crippen molar-refractivity contribution in [1.29, 1.82) is 0 Å². The molecular weight excluding hydrogens is 387 g/mol. The number of benzene rings is 2. The number of halogens is 1. The summed E-state index contributed by atoms with van der Waals surface area (Å²) < 4.78 is 18.6. The van der Waals surface area contributed by atoms with Crippen LogP contribution < -0.4 is 5.56 Å². The number of nitrogens with one attached hydrogen (secondary N) is 1. The predicted octanol–water partition coefficient (Wildman–Crippen LogP) is 4.28. The maximum atomic E-state index is 13.4. The van der Waals surface area contributed by atoms with Crippen molar-refractivity contribution in [2.75, 3.05) is 6.61 Å². The normalized spacial score (nSPS) is 10.9. The fourth-order valence-corrected chi connectivity index (χ4v) is 3.38. The molecule has 0 aliphatic carbocycles. The summed E-state index contributed by atoms with van der Waals surface area (Å²) in [6.07, 6.45) is 3.23. The van der Waals surface area contributed by atoms with E-state index < -0.39 is 17.3 Å². The number of H-pyrrole nitrogens is 1. The minimum Gasteiger partial charge on any atom is -0.507 e. The van der Waals surface area contributed by atoms with Crippen molar-refractivity contribution in [2.45, 2.75) is 6.92 Å². The molecule has 30 heavy (non-hydrogen) atoms. The lowest BCUT2D eigenvalue weighted by Crippen LogP contribution is -2.16. The second-order valence-corrected chi connectivity index (χ2v) is 6.59. The lowest BCUT2D eigenvalue weighted by Gasteiger charge is -2.14. The Bertz CT molecular complexity index is 1300. The van der Waals surface area contributed by atoms with Crippen molar-refractivity contribution in [3.63, 3.8) is 0 Å². The van der Waals surface area contributed by atoms with Gasteiger partial charge in [0.05, 0.1) is 23.3 Å². The molecule has 0 saturated heterocycles. The van der Waals surface area contributed by atoms with Gasteiger partial charge >= 0.3 is 5.97 Å². The summed E-state index contributed by atoms with van der Waals surface area (Å²) in [4.78, 5) is 32.4. The van der Waals surface area contributed by atoms with E-state index in [1.165, 1.54) is 30.3 Å². The maximum absolute atomic E-state index is 13.4. The van der Waals surface area contributed by atoms with Gasteiger partial charge in [-0.25, -0.2) is 9.18 Å². The van der Waals surface area contributed by atoms with Gasteiger partial charge in [0, 0.05) is 23.3 Å². The van der Waals surface area contributed by atoms with Crippen LogP contribution in [-0.2, 0) is 4.74 Å². The molecule has 2 N–H and O–H groups in total. The number of carbonyl (C=O) groups is 1. The quantitative estimate of drug-likeness (QED) is 0.496. The van der Waals surface area contributed by atoms with E-state index in [2.05, 4.69) is 9.97 Å². The highest BCUT2D eigenvalue weighted by Crippen LogP contribution is 2.35. The molecule has 6 nitrogen and oxygen atoms in total. The molecule has 150 valence electrons. The van der Waals surface area contributed by atoms with Crippen molar-refractivity contribution in [3.8, 4) is 28.1 Å². The lowest BCUT2D eigenvalue weighted by atomic mass is 9.95. The third-order valence-electron chi connectivity index (χ3n) is 4.71. The van der Waals surface area contributed by atoms with Crippen LogP contribution in [0.15, 0.2) is 65.7 Å². The Morgan fingerprint density at radius 2 is 1.90 bits per heavy atom. The van der Waals surface area contributed by atoms with E-state index in [4.69, 9.17) is 4.74 Å². The molecule has 0 radical (unpaired) electrons. The summed E-state index contributed by atoms with van der Waals surface area (Å²) in [6, 6.07) is 12.0. The van der Waals surface area contributed by atoms with E-state index in [-0.39, 0.29) is 34.4 Å². The molecule has 0 unspecified atom stereocenters. The number of aromatic hydroxyl groups is 1. The highest BCUT2D eigenvalue weighted by Gasteiger charge is 2.23. The maximum Gasteiger partial charge on any atom is 0.340 e. The standard InChI is InChI=1S/C23H17FN2O4/c1-2-30-23(29)20-17-10-15(14-4-3-9-25-12-14)11-18(27)19(17)22(28)26-21(20)13-5-7-16(24)8-6-13/h3-12,27H,2H2,1H3,(H,26,28). The van der Waals surface area contributed by atoms with Crippen molar-refractivity contribution < 1.29 is 19.0 Å². The molecule has 0 aliphatic heterocycles. The van der Waals surface area contributed by atoms with Crippen LogP contribution in [0.3, 0.4) is 0 Å². The molecular formula is C23H17FN2O4. The highest BCUT2D eigenvalue weighted by molar-refractivity contribution is 6.11. The SMILES string of the molecule is CCOC(=O)c1c(-c2ccc(F)cc2)[nH]c(=O)c2c(O)cc(-c3cccnc3)cc12. The largest absolute Gasteiger partial charge is 0.507 e. The van der Waals surface area contributed by atoms with Gasteiger partial charge in [0.1, 0.15) is 11.6 Å². The minimum atomic E-state index is -0.666. The molecule has 0 atom stereocenters. The molecule has 0 bridgehead atoms. The summed E-state index contributed by atoms with van der Waals surface area (Å²) in [5.74, 6) is -1.39. The van der Waals surface area contributed by atoms with Crippen molar-refractivity contribution in [1.82, 2.24) is 9.97 Å². The fourth-order valence-electron chi connectivity index (χ4n) is 3.38. The number of hydrogen-bond acceptors (Lipinski definition) is 5. The van der Waals surface area contributed by atoms with Crippen LogP contribution in [0.2, 0.25) is 0 Å². The van der Waals surface area contributed by atoms with Gasteiger partial charge in [0.2, 0.25) is 0 Å². The van der Waals surface area contributed by atoms with Gasteiger partial charge in [0.25, 0.3) is 5.56 Å². The average Bonchev–Trinajstić information content (AvgIpc) is 2.74. The number of rotatable bonds is 4. The predicted molar refractivity (Wildman–Crippen MR) is 111 cm³/mol. The average molecular weight is 404 g/mol. The number of phenols is 1. The van der Waals surface area contributed by atoms with Crippen LogP contribution in [0, 0.1) is 5.82 Å². The number of ether oxygens (including phenoxy) is 1. The number of fused-ring (bicyclic) bond motifs is 1. The van der Waals surface area contributed by atoms with E-state index in [1.54, 1.807) is 37.5 Å². The van der Waals surface area contributed by atoms with Crippen LogP contribution in [0.5, 0.6) is 5.75 Å². The van der Waals surface area contributed by atoms with Gasteiger partial charge < -0.3 is 14.8 Å². The molecule has 7 heteroatoms. The number of nitrogens with zero attached hydrogens (tertiary/aromatic N) is 1. The smallest absolute Gasteiger partial charge is 0.340 e. The van der Waals surface area contributed by atoms with Crippen LogP contribution in [0.1, 0.15) is 17.3 Å². The van der Waals surface area contributed by atoms with Crippen molar-refractivity contribution >= 4 is 16.7 Å². The first-order valence-corrected chi connectivity index (χ1v) is 9.26. The molecule has 0 aliphatic rings. The third-order valence-corrected chi connectivity index (χ3v) is 4.71. The van der Waals surface area contributed by atoms with Gasteiger partial charge in [-0.15, -0.1) is 0 Å². The second-order valence-electron chi connectivity index (χ2n) is 6.59. The van der Waals surface area contributed by atoms with Gasteiger partial charge in [0.15, 0.2) is 0 Å². The van der Waals surface area contributed by atoms with Crippen molar-refractivity contribution in [3.05, 3.63) is 82.7 Å². The first kappa shape index (κ1) is 19.3. The van der Waals surface area contributed by atoms with Gasteiger partial charge in [-0.1, -0.05) is 6.07 Å². The van der Waals surface area contributed by atoms with Gasteiger partial charge in [-0.05, 0) is 60.5 Å². The summed E-state index contributed by atoms with van der Waals surface area (Å²) in [6.45, 7) is 1.79. The first-order valence-electron chi connectivity index (χ1n) is 9.26. The Kier molecular flexibility index (Phi) is 5.02. The molecule has 0 saturated carbocycles. The van der Waals surface area contributed by atoms with Crippen LogP contribution in [-0.4, -0.2) is 27.7 Å². The topological polar surface area (TPSA) is 92.3 Å². The zero-order valence-electron chi connectivity index (χ0n) is 16.0. The van der Waals surface area contributed by atoms with Crippen LogP contribution in [0.4, 0.5) is 4.39 Å². The fraction of sp³-hybridized carbons (Fsp3) is 0.0870. The number of aromatic amines is 1. The molecule has 4 rings (SSSR count). The molecule has 2 heterocycles. The highest BCUT2D eigenvalue weighted by atomic mass is 19.1. The Labute approximate surface area is 170 Å². The van der Waals surface area contributed by atoms with E-state index >= 15 is 0 Å². The second kappa shape index (κ2) is 7.79. The number of carbonyl (C=O) groups excluding carboxylic acids is 1. The Morgan fingerprint density at radius 3 is 2.57 bits per heavy atom. The number of esters is 1. The summed E-state index contributed by atoms with van der Waals surface area (Å²) in [5.41, 5.74) is 1.41. The van der Waals surface area contributed by atoms with Gasteiger partial charge in [-0.2, -0.15) is 0 Å². The summed E-state index contributed by atoms with van der Waals surface area (Å²) in [5, 5.41) is 10.8. The molecule has 4 aromatic rings. The van der Waals surface area contributed by atoms with Crippen LogP contribution in [0.25, 0.3) is 33.2 Å². The minimum absolute atomic E-state index is 0.0310. The van der Waals surface area contributed by atoms with E-state index in [0.29, 0.717) is 16.7 Å². The lowest BCUT2D eigenvalue weighted by molar-refractivity contribution is 0.0529. The Balaban J connectivity index is 2.09. The summed E-state index contributed by atoms with van der Waals surface area (Å²) in [7, 11) is 0. The number of phenolic OH excluding ortho intramolecular Hbond substituents is 1. The molecule has 2 aromatic carbocycles. The molecule has 2 aromatic heterocycles. The third kappa shape index (κ3) is 3.41. The molecule has 0 spiro atoms. The van der Waals surface area contributed by atoms with E-state index in [1.807, 2.05) is 0 Å². The Hall–Kier alpha value is -4.00. The van der Waals surface area contributed by atoms with Crippen molar-refractivity contribution in [2.24, 2.45) is 0 Å². The van der Waals surface area contributed by atoms with Crippen LogP contribution >= 0.6 is 0 Å². The summed E-state index contributed by atoms with van der Waals surface area (Å²) >= 11 is 0. The monoisotopic (exact) mass is 404 g/mol. The molecule has 0 amide bonds. The number of hydrogen-bond donors (Lipinski definition) is 2. The Morgan fingerprint density at radius 1 is 1.13 bits per heavy atom. The van der Waals surface area contributed by atoms with Gasteiger partial charge in [-0.3, -0.25) is 9.78 Å².